The molecular weight excluding hydrogens is 320 g/mol. The highest BCUT2D eigenvalue weighted by molar-refractivity contribution is 7.71. The maximum atomic E-state index is 12.4. The Labute approximate surface area is 145 Å². The van der Waals surface area contributed by atoms with Gasteiger partial charge in [0.25, 0.3) is 5.91 Å². The van der Waals surface area contributed by atoms with Crippen molar-refractivity contribution in [2.45, 2.75) is 6.54 Å². The van der Waals surface area contributed by atoms with E-state index in [0.29, 0.717) is 16.7 Å². The van der Waals surface area contributed by atoms with Crippen LogP contribution in [-0.4, -0.2) is 30.0 Å². The molecule has 5 nitrogen and oxygen atoms in total. The number of hydrogen-bond acceptors (Lipinski definition) is 4. The zero-order valence-electron chi connectivity index (χ0n) is 13.5. The second-order valence-corrected chi connectivity index (χ2v) is 6.06. The Kier molecular flexibility index (Phi) is 4.57. The summed E-state index contributed by atoms with van der Waals surface area (Å²) in [6.07, 6.45) is 1.71. The highest BCUT2D eigenvalue weighted by atomic mass is 32.1. The number of fused-ring (bicyclic) bond motifs is 1. The summed E-state index contributed by atoms with van der Waals surface area (Å²) in [4.78, 5) is 21.8. The normalized spacial score (nSPS) is 10.6. The molecule has 122 valence electrons. The number of H-pyrrole nitrogens is 1. The number of aromatic nitrogens is 2. The molecule has 0 aliphatic heterocycles. The van der Waals surface area contributed by atoms with Crippen molar-refractivity contribution in [1.29, 1.82) is 0 Å². The van der Waals surface area contributed by atoms with Gasteiger partial charge in [-0.1, -0.05) is 30.4 Å². The lowest BCUT2D eigenvalue weighted by Gasteiger charge is -2.15. The lowest BCUT2D eigenvalue weighted by Crippen LogP contribution is -2.23. The molecule has 0 unspecified atom stereocenters. The maximum absolute atomic E-state index is 12.4. The summed E-state index contributed by atoms with van der Waals surface area (Å²) in [5.41, 5.74) is 2.40. The molecule has 0 spiro atoms. The van der Waals surface area contributed by atoms with Crippen molar-refractivity contribution in [3.63, 3.8) is 0 Å². The van der Waals surface area contributed by atoms with Crippen molar-refractivity contribution in [3.05, 3.63) is 64.4 Å². The monoisotopic (exact) mass is 338 g/mol. The molecule has 0 atom stereocenters. The standard InChI is InChI=1S/C18H18N4OS/c1-22(2)16-10-12(13-6-3-4-8-15(13)21-16)11-20-17(23)14-7-5-9-19-18(14)24/h3-10H,11H2,1-2H3,(H,19,24)(H,20,23). The Hall–Kier alpha value is -2.73. The van der Waals surface area contributed by atoms with Crippen LogP contribution >= 0.6 is 12.2 Å². The molecule has 1 amide bonds. The number of nitrogens with one attached hydrogen (secondary N) is 2. The topological polar surface area (TPSA) is 61.0 Å². The van der Waals surface area contributed by atoms with E-state index in [1.807, 2.05) is 49.3 Å². The van der Waals surface area contributed by atoms with Crippen LogP contribution in [0.25, 0.3) is 10.9 Å². The van der Waals surface area contributed by atoms with E-state index in [0.717, 1.165) is 22.3 Å². The molecule has 2 aromatic heterocycles. The fourth-order valence-corrected chi connectivity index (χ4v) is 2.71. The lowest BCUT2D eigenvalue weighted by molar-refractivity contribution is 0.0950. The zero-order valence-corrected chi connectivity index (χ0v) is 14.4. The van der Waals surface area contributed by atoms with Gasteiger partial charge in [0.05, 0.1) is 11.1 Å². The van der Waals surface area contributed by atoms with Gasteiger partial charge in [0.2, 0.25) is 0 Å². The molecule has 0 saturated heterocycles. The molecule has 0 bridgehead atoms. The largest absolute Gasteiger partial charge is 0.363 e. The van der Waals surface area contributed by atoms with Gasteiger partial charge in [0, 0.05) is 32.2 Å². The average Bonchev–Trinajstić information content (AvgIpc) is 2.59. The minimum absolute atomic E-state index is 0.191. The van der Waals surface area contributed by atoms with Crippen LogP contribution in [0.3, 0.4) is 0 Å². The fourth-order valence-electron chi connectivity index (χ4n) is 2.48. The number of hydrogen-bond donors (Lipinski definition) is 2. The number of para-hydroxylation sites is 1. The third-order valence-corrected chi connectivity index (χ3v) is 4.09. The quantitative estimate of drug-likeness (QED) is 0.717. The first-order valence-corrected chi connectivity index (χ1v) is 7.99. The van der Waals surface area contributed by atoms with Gasteiger partial charge in [-0.2, -0.15) is 0 Å². The minimum Gasteiger partial charge on any atom is -0.363 e. The summed E-state index contributed by atoms with van der Waals surface area (Å²) in [6, 6.07) is 13.4. The Morgan fingerprint density at radius 3 is 2.79 bits per heavy atom. The number of carbonyl (C=O) groups is 1. The second kappa shape index (κ2) is 6.80. The van der Waals surface area contributed by atoms with Gasteiger partial charge >= 0.3 is 0 Å². The maximum Gasteiger partial charge on any atom is 0.254 e. The van der Waals surface area contributed by atoms with Crippen molar-refractivity contribution < 1.29 is 4.79 Å². The van der Waals surface area contributed by atoms with E-state index >= 15 is 0 Å². The summed E-state index contributed by atoms with van der Waals surface area (Å²) in [5.74, 6) is 0.666. The minimum atomic E-state index is -0.191. The van der Waals surface area contributed by atoms with Crippen LogP contribution in [0.1, 0.15) is 15.9 Å². The third-order valence-electron chi connectivity index (χ3n) is 3.75. The number of nitrogens with zero attached hydrogens (tertiary/aromatic N) is 2. The molecular formula is C18H18N4OS. The molecule has 1 aromatic carbocycles. The van der Waals surface area contributed by atoms with E-state index in [4.69, 9.17) is 12.2 Å². The van der Waals surface area contributed by atoms with Gasteiger partial charge in [0.1, 0.15) is 10.5 Å². The first-order valence-electron chi connectivity index (χ1n) is 7.58. The molecule has 0 fully saturated rings. The molecule has 0 aliphatic carbocycles. The molecule has 2 N–H and O–H groups in total. The van der Waals surface area contributed by atoms with Crippen LogP contribution < -0.4 is 10.2 Å². The van der Waals surface area contributed by atoms with E-state index in [2.05, 4.69) is 15.3 Å². The Bertz CT molecular complexity index is 949. The van der Waals surface area contributed by atoms with Crippen LogP contribution in [0, 0.1) is 4.64 Å². The molecule has 3 rings (SSSR count). The predicted molar refractivity (Wildman–Crippen MR) is 98.9 cm³/mol. The lowest BCUT2D eigenvalue weighted by atomic mass is 10.1. The fraction of sp³-hybridized carbons (Fsp3) is 0.167. The van der Waals surface area contributed by atoms with E-state index in [9.17, 15) is 4.79 Å². The molecule has 2 heterocycles. The van der Waals surface area contributed by atoms with Gasteiger partial charge < -0.3 is 15.2 Å². The number of pyridine rings is 2. The van der Waals surface area contributed by atoms with Gasteiger partial charge in [-0.15, -0.1) is 0 Å². The second-order valence-electron chi connectivity index (χ2n) is 5.65. The van der Waals surface area contributed by atoms with Crippen LogP contribution in [0.4, 0.5) is 5.82 Å². The van der Waals surface area contributed by atoms with Crippen LogP contribution in [-0.2, 0) is 6.54 Å². The van der Waals surface area contributed by atoms with E-state index in [1.165, 1.54) is 0 Å². The van der Waals surface area contributed by atoms with Crippen molar-refractivity contribution in [3.8, 4) is 0 Å². The molecule has 0 saturated carbocycles. The van der Waals surface area contributed by atoms with Crippen molar-refractivity contribution >= 4 is 34.8 Å². The number of aromatic amines is 1. The predicted octanol–water partition coefficient (Wildman–Crippen LogP) is 3.29. The summed E-state index contributed by atoms with van der Waals surface area (Å²) in [7, 11) is 3.89. The molecule has 3 aromatic rings. The summed E-state index contributed by atoms with van der Waals surface area (Å²) >= 11 is 5.16. The van der Waals surface area contributed by atoms with Crippen molar-refractivity contribution in [1.82, 2.24) is 15.3 Å². The Morgan fingerprint density at radius 2 is 2.04 bits per heavy atom. The zero-order chi connectivity index (χ0) is 17.1. The summed E-state index contributed by atoms with van der Waals surface area (Å²) < 4.78 is 0.434. The van der Waals surface area contributed by atoms with Gasteiger partial charge in [-0.05, 0) is 29.8 Å². The number of anilines is 1. The smallest absolute Gasteiger partial charge is 0.254 e. The average molecular weight is 338 g/mol. The Morgan fingerprint density at radius 1 is 1.25 bits per heavy atom. The number of rotatable bonds is 4. The van der Waals surface area contributed by atoms with Crippen LogP contribution in [0.5, 0.6) is 0 Å². The van der Waals surface area contributed by atoms with Gasteiger partial charge in [-0.3, -0.25) is 4.79 Å². The molecule has 0 radical (unpaired) electrons. The van der Waals surface area contributed by atoms with Crippen LogP contribution in [0.2, 0.25) is 0 Å². The van der Waals surface area contributed by atoms with E-state index in [-0.39, 0.29) is 5.91 Å². The Balaban J connectivity index is 1.91. The summed E-state index contributed by atoms with van der Waals surface area (Å²) in [5, 5.41) is 3.97. The van der Waals surface area contributed by atoms with E-state index < -0.39 is 0 Å². The van der Waals surface area contributed by atoms with Crippen molar-refractivity contribution in [2.75, 3.05) is 19.0 Å². The molecule has 0 aliphatic rings. The van der Waals surface area contributed by atoms with Gasteiger partial charge in [0.15, 0.2) is 0 Å². The first kappa shape index (κ1) is 16.1. The number of amides is 1. The van der Waals surface area contributed by atoms with Crippen molar-refractivity contribution in [2.24, 2.45) is 0 Å². The highest BCUT2D eigenvalue weighted by Crippen LogP contribution is 2.22. The van der Waals surface area contributed by atoms with E-state index in [1.54, 1.807) is 18.3 Å². The molecule has 6 heteroatoms. The summed E-state index contributed by atoms with van der Waals surface area (Å²) in [6.45, 7) is 0.409. The first-order chi connectivity index (χ1) is 11.6. The number of carbonyl (C=O) groups excluding carboxylic acids is 1. The third kappa shape index (κ3) is 3.28. The SMILES string of the molecule is CN(C)c1cc(CNC(=O)c2ccc[nH]c2=S)c2ccccc2n1. The van der Waals surface area contributed by atoms with Crippen LogP contribution in [0.15, 0.2) is 48.7 Å². The number of benzene rings is 1. The highest BCUT2D eigenvalue weighted by Gasteiger charge is 2.10. The molecule has 24 heavy (non-hydrogen) atoms. The van der Waals surface area contributed by atoms with Gasteiger partial charge in [-0.25, -0.2) is 4.98 Å².